The molecule has 0 saturated heterocycles. The third-order valence-electron chi connectivity index (χ3n) is 4.89. The summed E-state index contributed by atoms with van der Waals surface area (Å²) < 4.78 is 22.0. The van der Waals surface area contributed by atoms with Crippen LogP contribution in [0.25, 0.3) is 0 Å². The maximum atomic E-state index is 12.5. The zero-order valence-electron chi connectivity index (χ0n) is 16.6. The van der Waals surface area contributed by atoms with Crippen molar-refractivity contribution in [3.8, 4) is 23.0 Å². The molecule has 1 aliphatic carbocycles. The number of carbonyl (C=O) groups excluding carboxylic acids is 1. The SMILES string of the molecule is COc1cc(OC)cc(C(=O)NCc2ccc(OC3CCCC3)c(OC)c2)c1. The van der Waals surface area contributed by atoms with Gasteiger partial charge >= 0.3 is 0 Å². The maximum Gasteiger partial charge on any atom is 0.251 e. The Kier molecular flexibility index (Phi) is 6.63. The lowest BCUT2D eigenvalue weighted by molar-refractivity contribution is 0.0950. The third kappa shape index (κ3) is 4.88. The Morgan fingerprint density at radius 1 is 0.929 bits per heavy atom. The minimum atomic E-state index is -0.206. The van der Waals surface area contributed by atoms with Gasteiger partial charge in [-0.05, 0) is 55.5 Å². The number of hydrogen-bond acceptors (Lipinski definition) is 5. The number of amides is 1. The van der Waals surface area contributed by atoms with Gasteiger partial charge in [-0.1, -0.05) is 6.07 Å². The van der Waals surface area contributed by atoms with E-state index in [0.717, 1.165) is 24.2 Å². The smallest absolute Gasteiger partial charge is 0.251 e. The fraction of sp³-hybridized carbons (Fsp3) is 0.409. The summed E-state index contributed by atoms with van der Waals surface area (Å²) in [5.74, 6) is 2.37. The van der Waals surface area contributed by atoms with E-state index in [1.165, 1.54) is 12.8 Å². The minimum absolute atomic E-state index is 0.206. The van der Waals surface area contributed by atoms with Gasteiger partial charge in [-0.25, -0.2) is 0 Å². The fourth-order valence-corrected chi connectivity index (χ4v) is 3.33. The summed E-state index contributed by atoms with van der Waals surface area (Å²) in [5.41, 5.74) is 1.41. The molecule has 0 atom stereocenters. The molecule has 0 bridgehead atoms. The highest BCUT2D eigenvalue weighted by Gasteiger charge is 2.18. The van der Waals surface area contributed by atoms with Crippen LogP contribution in [-0.2, 0) is 6.54 Å². The second-order valence-electron chi connectivity index (χ2n) is 6.79. The van der Waals surface area contributed by atoms with Crippen LogP contribution in [-0.4, -0.2) is 33.3 Å². The molecule has 3 rings (SSSR count). The van der Waals surface area contributed by atoms with Gasteiger partial charge in [0.1, 0.15) is 11.5 Å². The van der Waals surface area contributed by atoms with Crippen LogP contribution in [0.15, 0.2) is 36.4 Å². The van der Waals surface area contributed by atoms with Crippen LogP contribution in [0.3, 0.4) is 0 Å². The largest absolute Gasteiger partial charge is 0.497 e. The van der Waals surface area contributed by atoms with Gasteiger partial charge in [-0.15, -0.1) is 0 Å². The molecule has 2 aromatic rings. The quantitative estimate of drug-likeness (QED) is 0.745. The van der Waals surface area contributed by atoms with Crippen LogP contribution in [0.1, 0.15) is 41.6 Å². The van der Waals surface area contributed by atoms with E-state index in [2.05, 4.69) is 5.32 Å². The second-order valence-corrected chi connectivity index (χ2v) is 6.79. The van der Waals surface area contributed by atoms with Crippen LogP contribution < -0.4 is 24.3 Å². The lowest BCUT2D eigenvalue weighted by Gasteiger charge is -2.17. The van der Waals surface area contributed by atoms with Crippen LogP contribution >= 0.6 is 0 Å². The van der Waals surface area contributed by atoms with Gasteiger partial charge in [0.15, 0.2) is 11.5 Å². The summed E-state index contributed by atoms with van der Waals surface area (Å²) in [5, 5.41) is 2.92. The van der Waals surface area contributed by atoms with E-state index in [9.17, 15) is 4.79 Å². The van der Waals surface area contributed by atoms with Gasteiger partial charge < -0.3 is 24.3 Å². The van der Waals surface area contributed by atoms with Crippen molar-refractivity contribution in [2.24, 2.45) is 0 Å². The lowest BCUT2D eigenvalue weighted by Crippen LogP contribution is -2.23. The highest BCUT2D eigenvalue weighted by atomic mass is 16.5. The Hall–Kier alpha value is -2.89. The van der Waals surface area contributed by atoms with Crippen molar-refractivity contribution >= 4 is 5.91 Å². The zero-order chi connectivity index (χ0) is 19.9. The van der Waals surface area contributed by atoms with Crippen LogP contribution in [0, 0.1) is 0 Å². The van der Waals surface area contributed by atoms with Gasteiger partial charge in [0, 0.05) is 18.2 Å². The average Bonchev–Trinajstić information content (AvgIpc) is 3.25. The number of rotatable bonds is 8. The Morgan fingerprint density at radius 2 is 1.61 bits per heavy atom. The molecule has 28 heavy (non-hydrogen) atoms. The molecule has 6 heteroatoms. The molecule has 0 heterocycles. The molecule has 0 radical (unpaired) electrons. The predicted octanol–water partition coefficient (Wildman–Crippen LogP) is 3.96. The molecule has 1 amide bonds. The van der Waals surface area contributed by atoms with Crippen molar-refractivity contribution in [1.82, 2.24) is 5.32 Å². The van der Waals surface area contributed by atoms with Gasteiger partial charge in [0.05, 0.1) is 27.4 Å². The zero-order valence-corrected chi connectivity index (χ0v) is 16.6. The normalized spacial score (nSPS) is 13.8. The number of hydrogen-bond donors (Lipinski definition) is 1. The van der Waals surface area contributed by atoms with Crippen LogP contribution in [0.2, 0.25) is 0 Å². The molecule has 150 valence electrons. The van der Waals surface area contributed by atoms with Crippen molar-refractivity contribution in [3.05, 3.63) is 47.5 Å². The number of carbonyl (C=O) groups is 1. The van der Waals surface area contributed by atoms with E-state index in [1.54, 1.807) is 39.5 Å². The van der Waals surface area contributed by atoms with E-state index in [-0.39, 0.29) is 12.0 Å². The molecular weight excluding hydrogens is 358 g/mol. The van der Waals surface area contributed by atoms with Crippen molar-refractivity contribution in [2.75, 3.05) is 21.3 Å². The average molecular weight is 385 g/mol. The molecule has 1 N–H and O–H groups in total. The third-order valence-corrected chi connectivity index (χ3v) is 4.89. The Morgan fingerprint density at radius 3 is 2.21 bits per heavy atom. The molecule has 1 saturated carbocycles. The molecule has 0 unspecified atom stereocenters. The Balaban J connectivity index is 1.66. The summed E-state index contributed by atoms with van der Waals surface area (Å²) in [6.07, 6.45) is 4.87. The molecule has 0 aromatic heterocycles. The van der Waals surface area contributed by atoms with Crippen LogP contribution in [0.4, 0.5) is 0 Å². The highest BCUT2D eigenvalue weighted by Crippen LogP contribution is 2.32. The highest BCUT2D eigenvalue weighted by molar-refractivity contribution is 5.95. The first-order chi connectivity index (χ1) is 13.6. The minimum Gasteiger partial charge on any atom is -0.497 e. The fourth-order valence-electron chi connectivity index (χ4n) is 3.33. The molecule has 1 fully saturated rings. The van der Waals surface area contributed by atoms with E-state index in [0.29, 0.717) is 29.4 Å². The summed E-state index contributed by atoms with van der Waals surface area (Å²) >= 11 is 0. The molecule has 0 aliphatic heterocycles. The molecule has 6 nitrogen and oxygen atoms in total. The Labute approximate surface area is 165 Å². The van der Waals surface area contributed by atoms with Crippen molar-refractivity contribution < 1.29 is 23.7 Å². The van der Waals surface area contributed by atoms with Gasteiger partial charge in [-0.2, -0.15) is 0 Å². The number of benzene rings is 2. The number of nitrogens with one attached hydrogen (secondary N) is 1. The lowest BCUT2D eigenvalue weighted by atomic mass is 10.1. The van der Waals surface area contributed by atoms with Crippen molar-refractivity contribution in [3.63, 3.8) is 0 Å². The molecule has 2 aromatic carbocycles. The number of methoxy groups -OCH3 is 3. The van der Waals surface area contributed by atoms with E-state index in [1.807, 2.05) is 18.2 Å². The summed E-state index contributed by atoms with van der Waals surface area (Å²) in [7, 11) is 4.73. The first kappa shape index (κ1) is 19.9. The topological polar surface area (TPSA) is 66.0 Å². The van der Waals surface area contributed by atoms with Gasteiger partial charge in [0.25, 0.3) is 5.91 Å². The summed E-state index contributed by atoms with van der Waals surface area (Å²) in [6.45, 7) is 0.373. The van der Waals surface area contributed by atoms with Gasteiger partial charge in [-0.3, -0.25) is 4.79 Å². The van der Waals surface area contributed by atoms with Crippen molar-refractivity contribution in [1.29, 1.82) is 0 Å². The monoisotopic (exact) mass is 385 g/mol. The second kappa shape index (κ2) is 9.35. The first-order valence-electron chi connectivity index (χ1n) is 9.47. The summed E-state index contributed by atoms with van der Waals surface area (Å²) in [4.78, 5) is 12.5. The maximum absolute atomic E-state index is 12.5. The summed E-state index contributed by atoms with van der Waals surface area (Å²) in [6, 6.07) is 10.8. The Bertz CT molecular complexity index is 792. The standard InChI is InChI=1S/C22H27NO5/c1-25-18-11-16(12-19(13-18)26-2)22(24)23-14-15-8-9-20(21(10-15)27-3)28-17-6-4-5-7-17/h8-13,17H,4-7,14H2,1-3H3,(H,23,24). The van der Waals surface area contributed by atoms with Gasteiger partial charge in [0.2, 0.25) is 0 Å². The van der Waals surface area contributed by atoms with E-state index < -0.39 is 0 Å². The van der Waals surface area contributed by atoms with E-state index >= 15 is 0 Å². The molecule has 0 spiro atoms. The molecule has 1 aliphatic rings. The van der Waals surface area contributed by atoms with Crippen molar-refractivity contribution in [2.45, 2.75) is 38.3 Å². The first-order valence-corrected chi connectivity index (χ1v) is 9.47. The van der Waals surface area contributed by atoms with E-state index in [4.69, 9.17) is 18.9 Å². The van der Waals surface area contributed by atoms with Crippen LogP contribution in [0.5, 0.6) is 23.0 Å². The predicted molar refractivity (Wildman–Crippen MR) is 107 cm³/mol. The molecular formula is C22H27NO5. The number of ether oxygens (including phenoxy) is 4.